The molecule has 188 valence electrons. The van der Waals surface area contributed by atoms with E-state index in [4.69, 9.17) is 15.2 Å². The molecule has 0 spiro atoms. The van der Waals surface area contributed by atoms with E-state index in [0.717, 1.165) is 18.2 Å². The predicted molar refractivity (Wildman–Crippen MR) is 137 cm³/mol. The molecule has 1 aromatic heterocycles. The van der Waals surface area contributed by atoms with Crippen LogP contribution in [0.5, 0.6) is 17.2 Å². The fourth-order valence-electron chi connectivity index (χ4n) is 4.19. The molecule has 0 unspecified atom stereocenters. The van der Waals surface area contributed by atoms with Gasteiger partial charge in [-0.05, 0) is 60.4 Å². The smallest absolute Gasteiger partial charge is 0.318 e. The molecule has 0 fully saturated rings. The second-order valence-corrected chi connectivity index (χ2v) is 8.18. The monoisotopic (exact) mass is 510 g/mol. The van der Waals surface area contributed by atoms with Crippen molar-refractivity contribution in [3.63, 3.8) is 0 Å². The lowest BCUT2D eigenvalue weighted by Gasteiger charge is -2.13. The third-order valence-corrected chi connectivity index (χ3v) is 6.05. The number of nitrogens with zero attached hydrogens (tertiary/aromatic N) is 5. The molecule has 0 saturated carbocycles. The molecule has 0 aliphatic heterocycles. The van der Waals surface area contributed by atoms with E-state index < -0.39 is 21.2 Å². The summed E-state index contributed by atoms with van der Waals surface area (Å²) in [5, 5.41) is 41.8. The second-order valence-electron chi connectivity index (χ2n) is 8.18. The van der Waals surface area contributed by atoms with E-state index in [1.54, 1.807) is 32.1 Å². The Balaban J connectivity index is 1.79. The molecule has 38 heavy (non-hydrogen) atoms. The number of rotatable bonds is 6. The highest BCUT2D eigenvalue weighted by Crippen LogP contribution is 2.45. The first-order valence-electron chi connectivity index (χ1n) is 10.9. The zero-order valence-electron chi connectivity index (χ0n) is 20.3. The summed E-state index contributed by atoms with van der Waals surface area (Å²) < 4.78 is 11.1. The van der Waals surface area contributed by atoms with Crippen molar-refractivity contribution in [1.82, 2.24) is 4.98 Å². The van der Waals surface area contributed by atoms with Gasteiger partial charge in [-0.25, -0.2) is 4.98 Å². The SMILES string of the molecule is COc1cc(/C=C2/C(C)=C(C#N)c3nc(N)c(C#N)c(C)c32)ccc1Oc1ccc([N+](=O)[O-])cc1[N+](=O)[O-]. The van der Waals surface area contributed by atoms with Gasteiger partial charge in [0.1, 0.15) is 18.0 Å². The summed E-state index contributed by atoms with van der Waals surface area (Å²) in [5.41, 5.74) is 9.12. The Morgan fingerprint density at radius 1 is 1.00 bits per heavy atom. The molecule has 0 amide bonds. The lowest BCUT2D eigenvalue weighted by Crippen LogP contribution is -2.03. The lowest BCUT2D eigenvalue weighted by atomic mass is 9.95. The molecule has 0 saturated heterocycles. The molecule has 1 heterocycles. The molecule has 2 N–H and O–H groups in total. The van der Waals surface area contributed by atoms with Gasteiger partial charge in [0.2, 0.25) is 5.75 Å². The van der Waals surface area contributed by atoms with Crippen LogP contribution in [0.4, 0.5) is 17.2 Å². The molecule has 1 aliphatic carbocycles. The Kier molecular flexibility index (Phi) is 6.48. The van der Waals surface area contributed by atoms with Crippen LogP contribution in [0.1, 0.15) is 34.9 Å². The van der Waals surface area contributed by atoms with Gasteiger partial charge in [0.25, 0.3) is 5.69 Å². The first kappa shape index (κ1) is 25.3. The van der Waals surface area contributed by atoms with E-state index in [0.29, 0.717) is 39.1 Å². The highest BCUT2D eigenvalue weighted by molar-refractivity contribution is 6.08. The van der Waals surface area contributed by atoms with Crippen LogP contribution in [0.25, 0.3) is 17.2 Å². The van der Waals surface area contributed by atoms with Gasteiger partial charge in [0, 0.05) is 11.6 Å². The van der Waals surface area contributed by atoms with Gasteiger partial charge in [-0.15, -0.1) is 0 Å². The number of nitrogens with two attached hydrogens (primary N) is 1. The van der Waals surface area contributed by atoms with Crippen LogP contribution >= 0.6 is 0 Å². The molecule has 0 bridgehead atoms. The number of nitro groups is 2. The minimum Gasteiger partial charge on any atom is -0.493 e. The van der Waals surface area contributed by atoms with Crippen LogP contribution in [-0.2, 0) is 0 Å². The summed E-state index contributed by atoms with van der Waals surface area (Å²) in [6.45, 7) is 3.52. The Bertz CT molecular complexity index is 1690. The fraction of sp³-hybridized carbons (Fsp3) is 0.115. The highest BCUT2D eigenvalue weighted by Gasteiger charge is 2.30. The first-order chi connectivity index (χ1) is 18.1. The Labute approximate surface area is 215 Å². The third kappa shape index (κ3) is 4.23. The number of ether oxygens (including phenoxy) is 2. The lowest BCUT2D eigenvalue weighted by molar-refractivity contribution is -0.394. The highest BCUT2D eigenvalue weighted by atomic mass is 16.6. The van der Waals surface area contributed by atoms with Crippen molar-refractivity contribution in [3.05, 3.63) is 90.1 Å². The first-order valence-corrected chi connectivity index (χ1v) is 10.9. The van der Waals surface area contributed by atoms with E-state index in [1.807, 2.05) is 0 Å². The van der Waals surface area contributed by atoms with Gasteiger partial charge in [0.15, 0.2) is 11.5 Å². The van der Waals surface area contributed by atoms with Crippen molar-refractivity contribution >= 4 is 34.4 Å². The number of hydrogen-bond donors (Lipinski definition) is 1. The summed E-state index contributed by atoms with van der Waals surface area (Å²) in [6, 6.07) is 12.1. The molecule has 2 aromatic carbocycles. The largest absolute Gasteiger partial charge is 0.493 e. The van der Waals surface area contributed by atoms with E-state index in [9.17, 15) is 30.8 Å². The number of allylic oxidation sites excluding steroid dienone is 3. The third-order valence-electron chi connectivity index (χ3n) is 6.05. The predicted octanol–water partition coefficient (Wildman–Crippen LogP) is 5.31. The number of benzene rings is 2. The summed E-state index contributed by atoms with van der Waals surface area (Å²) in [4.78, 5) is 25.3. The number of methoxy groups -OCH3 is 1. The Morgan fingerprint density at radius 2 is 1.71 bits per heavy atom. The fourth-order valence-corrected chi connectivity index (χ4v) is 4.19. The van der Waals surface area contributed by atoms with E-state index in [-0.39, 0.29) is 28.6 Å². The molecule has 0 atom stereocenters. The van der Waals surface area contributed by atoms with E-state index in [1.165, 1.54) is 13.2 Å². The Morgan fingerprint density at radius 3 is 2.32 bits per heavy atom. The van der Waals surface area contributed by atoms with Crippen molar-refractivity contribution < 1.29 is 19.3 Å². The van der Waals surface area contributed by atoms with Crippen LogP contribution < -0.4 is 15.2 Å². The number of non-ortho nitro benzene ring substituents is 1. The van der Waals surface area contributed by atoms with Crippen LogP contribution in [0, 0.1) is 49.8 Å². The van der Waals surface area contributed by atoms with Gasteiger partial charge in [-0.2, -0.15) is 10.5 Å². The number of pyridine rings is 1. The maximum absolute atomic E-state index is 11.5. The number of nitrogen functional groups attached to an aromatic ring is 1. The summed E-state index contributed by atoms with van der Waals surface area (Å²) in [5.74, 6) is 0.225. The van der Waals surface area contributed by atoms with E-state index >= 15 is 0 Å². The average Bonchev–Trinajstić information content (AvgIpc) is 3.14. The zero-order chi connectivity index (χ0) is 27.7. The molecule has 12 nitrogen and oxygen atoms in total. The number of anilines is 1. The van der Waals surface area contributed by atoms with Crippen LogP contribution in [0.3, 0.4) is 0 Å². The van der Waals surface area contributed by atoms with Gasteiger partial charge < -0.3 is 15.2 Å². The standard InChI is InChI=1S/C26H18N6O6/c1-13-17(24-14(2)19(12-28)26(29)30-25(24)18(13)11-27)8-15-4-6-22(23(9-15)37-3)38-21-7-5-16(31(33)34)10-20(21)32(35)36/h4-10H,1-3H3,(H2,29,30)/b17-8-. The summed E-state index contributed by atoms with van der Waals surface area (Å²) in [7, 11) is 1.39. The number of aromatic nitrogens is 1. The van der Waals surface area contributed by atoms with Crippen molar-refractivity contribution in [2.75, 3.05) is 12.8 Å². The van der Waals surface area contributed by atoms with Crippen LogP contribution in [0.2, 0.25) is 0 Å². The second kappa shape index (κ2) is 9.72. The molecule has 0 radical (unpaired) electrons. The van der Waals surface area contributed by atoms with Crippen molar-refractivity contribution in [1.29, 1.82) is 10.5 Å². The average molecular weight is 510 g/mol. The zero-order valence-corrected chi connectivity index (χ0v) is 20.3. The van der Waals surface area contributed by atoms with Crippen molar-refractivity contribution in [3.8, 4) is 29.4 Å². The molecule has 4 rings (SSSR count). The van der Waals surface area contributed by atoms with Gasteiger partial charge in [0.05, 0.1) is 39.9 Å². The van der Waals surface area contributed by atoms with Crippen LogP contribution in [0.15, 0.2) is 42.0 Å². The topological polar surface area (TPSA) is 191 Å². The van der Waals surface area contributed by atoms with Gasteiger partial charge in [-0.1, -0.05) is 6.07 Å². The Hall–Kier alpha value is -5.75. The molecular weight excluding hydrogens is 492 g/mol. The maximum atomic E-state index is 11.5. The van der Waals surface area contributed by atoms with Crippen molar-refractivity contribution in [2.45, 2.75) is 13.8 Å². The molecule has 3 aromatic rings. The minimum absolute atomic E-state index is 0.0501. The molecule has 1 aliphatic rings. The number of nitro benzene ring substituents is 2. The van der Waals surface area contributed by atoms with Crippen LogP contribution in [-0.4, -0.2) is 21.9 Å². The quantitative estimate of drug-likeness (QED) is 0.335. The summed E-state index contributed by atoms with van der Waals surface area (Å²) in [6.07, 6.45) is 1.80. The number of hydrogen-bond acceptors (Lipinski definition) is 10. The normalized spacial score (nSPS) is 13.0. The number of fused-ring (bicyclic) bond motifs is 1. The van der Waals surface area contributed by atoms with Gasteiger partial charge in [-0.3, -0.25) is 20.2 Å². The van der Waals surface area contributed by atoms with Gasteiger partial charge >= 0.3 is 5.69 Å². The minimum atomic E-state index is -0.772. The molecular formula is C26H18N6O6. The maximum Gasteiger partial charge on any atom is 0.318 e. The molecule has 12 heteroatoms. The number of nitriles is 2. The van der Waals surface area contributed by atoms with Crippen molar-refractivity contribution in [2.24, 2.45) is 0 Å². The van der Waals surface area contributed by atoms with E-state index in [2.05, 4.69) is 17.1 Å². The summed E-state index contributed by atoms with van der Waals surface area (Å²) >= 11 is 0.